The zero-order valence-corrected chi connectivity index (χ0v) is 14.3. The van der Waals surface area contributed by atoms with Gasteiger partial charge in [-0.05, 0) is 48.6 Å². The Kier molecular flexibility index (Phi) is 4.47. The first-order valence-corrected chi connectivity index (χ1v) is 9.66. The third kappa shape index (κ3) is 3.79. The van der Waals surface area contributed by atoms with E-state index < -0.39 is 20.4 Å². The topological polar surface area (TPSA) is 89.3 Å². The first-order valence-electron chi connectivity index (χ1n) is 7.77. The number of nitrogens with one attached hydrogen (secondary N) is 1. The van der Waals surface area contributed by atoms with Gasteiger partial charge in [-0.3, -0.25) is 10.1 Å². The van der Waals surface area contributed by atoms with E-state index in [1.165, 1.54) is 30.3 Å². The smallest absolute Gasteiger partial charge is 0.310 e. The fourth-order valence-corrected chi connectivity index (χ4v) is 3.73. The number of hydrogen-bond acceptors (Lipinski definition) is 5. The normalized spacial score (nSPS) is 15.6. The molecule has 2 aromatic rings. The van der Waals surface area contributed by atoms with Gasteiger partial charge in [0.2, 0.25) is 0 Å². The summed E-state index contributed by atoms with van der Waals surface area (Å²) < 4.78 is 36.9. The molecule has 0 aromatic heterocycles. The molecule has 0 aliphatic heterocycles. The average molecular weight is 364 g/mol. The average Bonchev–Trinajstić information content (AvgIpc) is 3.37. The van der Waals surface area contributed by atoms with Gasteiger partial charge in [0.05, 0.1) is 11.0 Å². The Morgan fingerprint density at radius 3 is 2.36 bits per heavy atom. The number of rotatable bonds is 6. The minimum absolute atomic E-state index is 0.147. The van der Waals surface area contributed by atoms with E-state index in [4.69, 9.17) is 0 Å². The number of nitro groups is 1. The Hall–Kier alpha value is -2.48. The summed E-state index contributed by atoms with van der Waals surface area (Å²) in [6.07, 6.45) is 2.85. The van der Waals surface area contributed by atoms with E-state index in [1.54, 1.807) is 12.1 Å². The number of nitro benzene ring substituents is 1. The van der Waals surface area contributed by atoms with Gasteiger partial charge in [0.1, 0.15) is 16.4 Å². The fraction of sp³-hybridized carbons (Fsp3) is 0.294. The van der Waals surface area contributed by atoms with Gasteiger partial charge in [0, 0.05) is 6.26 Å². The fourth-order valence-electron chi connectivity index (χ4n) is 2.87. The lowest BCUT2D eigenvalue weighted by Crippen LogP contribution is -2.15. The number of halogens is 1. The molecule has 3 rings (SSSR count). The number of anilines is 1. The molecular formula is C17H17FN2O4S. The Labute approximate surface area is 144 Å². The lowest BCUT2D eigenvalue weighted by molar-refractivity contribution is -0.386. The largest absolute Gasteiger partial charge is 0.372 e. The molecule has 0 heterocycles. The maximum atomic E-state index is 13.2. The number of para-hydroxylation sites is 1. The Bertz CT molecular complexity index is 909. The number of nitrogens with zero attached hydrogens (tertiary/aromatic N) is 1. The SMILES string of the molecule is CS(=O)(=O)c1cccc(NC(c2ccc(F)cc2)C2CC2)c1[N+](=O)[O-]. The number of sulfone groups is 1. The lowest BCUT2D eigenvalue weighted by atomic mass is 10.0. The Balaban J connectivity index is 2.03. The molecule has 1 aliphatic rings. The van der Waals surface area contributed by atoms with Crippen molar-refractivity contribution in [2.45, 2.75) is 23.8 Å². The van der Waals surface area contributed by atoms with Crippen LogP contribution in [0.4, 0.5) is 15.8 Å². The second kappa shape index (κ2) is 6.44. The van der Waals surface area contributed by atoms with Gasteiger partial charge in [0.15, 0.2) is 9.84 Å². The standard InChI is InChI=1S/C17H17FN2O4S/c1-25(23,24)15-4-2-3-14(17(15)20(21)22)19-16(11-5-6-11)12-7-9-13(18)10-8-12/h2-4,7-11,16,19H,5-6H2,1H3. The van der Waals surface area contributed by atoms with Crippen molar-refractivity contribution in [3.8, 4) is 0 Å². The number of hydrogen-bond donors (Lipinski definition) is 1. The third-order valence-electron chi connectivity index (χ3n) is 4.21. The minimum atomic E-state index is -3.74. The summed E-state index contributed by atoms with van der Waals surface area (Å²) in [4.78, 5) is 10.5. The molecule has 0 amide bonds. The molecular weight excluding hydrogens is 347 g/mol. The van der Waals surface area contributed by atoms with Gasteiger partial charge < -0.3 is 5.32 Å². The molecule has 132 valence electrons. The molecule has 0 bridgehead atoms. The zero-order chi connectivity index (χ0) is 18.2. The van der Waals surface area contributed by atoms with Crippen molar-refractivity contribution in [2.75, 3.05) is 11.6 Å². The van der Waals surface area contributed by atoms with Crippen molar-refractivity contribution in [2.24, 2.45) is 5.92 Å². The molecule has 1 saturated carbocycles. The van der Waals surface area contributed by atoms with Gasteiger partial charge in [-0.1, -0.05) is 18.2 Å². The predicted molar refractivity (Wildman–Crippen MR) is 91.7 cm³/mol. The van der Waals surface area contributed by atoms with Crippen LogP contribution in [0.2, 0.25) is 0 Å². The molecule has 2 aromatic carbocycles. The number of benzene rings is 2. The second-order valence-corrected chi connectivity index (χ2v) is 8.18. The van der Waals surface area contributed by atoms with Crippen LogP contribution in [0, 0.1) is 21.8 Å². The Morgan fingerprint density at radius 2 is 1.84 bits per heavy atom. The van der Waals surface area contributed by atoms with Crippen LogP contribution in [0.3, 0.4) is 0 Å². The highest BCUT2D eigenvalue weighted by Crippen LogP contribution is 2.44. The first-order chi connectivity index (χ1) is 11.8. The van der Waals surface area contributed by atoms with Gasteiger partial charge in [-0.25, -0.2) is 12.8 Å². The maximum absolute atomic E-state index is 13.2. The summed E-state index contributed by atoms with van der Waals surface area (Å²) in [5.41, 5.74) is 0.495. The van der Waals surface area contributed by atoms with Crippen molar-refractivity contribution in [3.05, 3.63) is 64.0 Å². The first kappa shape index (κ1) is 17.3. The molecule has 1 atom stereocenters. The second-order valence-electron chi connectivity index (χ2n) is 6.19. The molecule has 1 fully saturated rings. The van der Waals surface area contributed by atoms with Gasteiger partial charge in [-0.2, -0.15) is 0 Å². The quantitative estimate of drug-likeness (QED) is 0.623. The molecule has 1 aliphatic carbocycles. The van der Waals surface area contributed by atoms with E-state index in [0.29, 0.717) is 0 Å². The third-order valence-corrected chi connectivity index (χ3v) is 5.34. The van der Waals surface area contributed by atoms with Crippen LogP contribution in [0.25, 0.3) is 0 Å². The highest BCUT2D eigenvalue weighted by atomic mass is 32.2. The van der Waals surface area contributed by atoms with E-state index in [9.17, 15) is 22.9 Å². The maximum Gasteiger partial charge on any atom is 0.310 e. The van der Waals surface area contributed by atoms with Crippen LogP contribution in [0.5, 0.6) is 0 Å². The summed E-state index contributed by atoms with van der Waals surface area (Å²) in [5.74, 6) is -0.0877. The van der Waals surface area contributed by atoms with Crippen LogP contribution in [-0.2, 0) is 9.84 Å². The van der Waals surface area contributed by atoms with Crippen molar-refractivity contribution < 1.29 is 17.7 Å². The van der Waals surface area contributed by atoms with E-state index in [0.717, 1.165) is 24.7 Å². The highest BCUT2D eigenvalue weighted by molar-refractivity contribution is 7.90. The molecule has 1 unspecified atom stereocenters. The molecule has 25 heavy (non-hydrogen) atoms. The monoisotopic (exact) mass is 364 g/mol. The van der Waals surface area contributed by atoms with E-state index >= 15 is 0 Å². The molecule has 6 nitrogen and oxygen atoms in total. The van der Waals surface area contributed by atoms with Gasteiger partial charge in [0.25, 0.3) is 0 Å². The van der Waals surface area contributed by atoms with Crippen molar-refractivity contribution in [1.82, 2.24) is 0 Å². The van der Waals surface area contributed by atoms with Crippen LogP contribution >= 0.6 is 0 Å². The van der Waals surface area contributed by atoms with Crippen LogP contribution in [-0.4, -0.2) is 19.6 Å². The summed E-state index contributed by atoms with van der Waals surface area (Å²) in [5, 5.41) is 14.6. The van der Waals surface area contributed by atoms with Crippen molar-refractivity contribution >= 4 is 21.2 Å². The molecule has 8 heteroatoms. The molecule has 1 N–H and O–H groups in total. The lowest BCUT2D eigenvalue weighted by Gasteiger charge is -2.20. The van der Waals surface area contributed by atoms with E-state index in [2.05, 4.69) is 5.32 Å². The predicted octanol–water partition coefficient (Wildman–Crippen LogP) is 3.70. The van der Waals surface area contributed by atoms with Crippen LogP contribution < -0.4 is 5.32 Å². The zero-order valence-electron chi connectivity index (χ0n) is 13.5. The highest BCUT2D eigenvalue weighted by Gasteiger charge is 2.35. The van der Waals surface area contributed by atoms with E-state index in [-0.39, 0.29) is 28.4 Å². The van der Waals surface area contributed by atoms with Crippen LogP contribution in [0.1, 0.15) is 24.4 Å². The van der Waals surface area contributed by atoms with E-state index in [1.807, 2.05) is 0 Å². The summed E-state index contributed by atoms with van der Waals surface area (Å²) in [6.45, 7) is 0. The molecule has 0 radical (unpaired) electrons. The van der Waals surface area contributed by atoms with Gasteiger partial charge in [-0.15, -0.1) is 0 Å². The molecule has 0 saturated heterocycles. The Morgan fingerprint density at radius 1 is 1.20 bits per heavy atom. The summed E-state index contributed by atoms with van der Waals surface area (Å²) >= 11 is 0. The van der Waals surface area contributed by atoms with Crippen molar-refractivity contribution in [3.63, 3.8) is 0 Å². The minimum Gasteiger partial charge on any atom is -0.372 e. The van der Waals surface area contributed by atoms with Crippen molar-refractivity contribution in [1.29, 1.82) is 0 Å². The van der Waals surface area contributed by atoms with Gasteiger partial charge >= 0.3 is 5.69 Å². The molecule has 0 spiro atoms. The van der Waals surface area contributed by atoms with Crippen LogP contribution in [0.15, 0.2) is 47.4 Å². The summed E-state index contributed by atoms with van der Waals surface area (Å²) in [6, 6.07) is 9.90. The summed E-state index contributed by atoms with van der Waals surface area (Å²) in [7, 11) is -3.74.